The maximum atomic E-state index is 13.1. The van der Waals surface area contributed by atoms with Gasteiger partial charge in [-0.1, -0.05) is 13.8 Å². The molecule has 0 spiro atoms. The first-order valence-electron chi connectivity index (χ1n) is 6.04. The van der Waals surface area contributed by atoms with E-state index in [1.807, 2.05) is 0 Å². The molecule has 0 bridgehead atoms. The second-order valence-electron chi connectivity index (χ2n) is 4.74. The Bertz CT molecular complexity index is 534. The van der Waals surface area contributed by atoms with Crippen LogP contribution in [0.25, 0.3) is 0 Å². The highest BCUT2D eigenvalue weighted by Gasteiger charge is 2.07. The van der Waals surface area contributed by atoms with E-state index in [1.54, 1.807) is 0 Å². The van der Waals surface area contributed by atoms with E-state index in [2.05, 4.69) is 28.5 Å². The maximum absolute atomic E-state index is 13.1. The minimum Gasteiger partial charge on any atom is -0.360 e. The largest absolute Gasteiger partial charge is 0.360 e. The minimum absolute atomic E-state index is 0.328. The van der Waals surface area contributed by atoms with Crippen molar-refractivity contribution in [2.24, 2.45) is 5.92 Å². The zero-order valence-corrected chi connectivity index (χ0v) is 11.6. The van der Waals surface area contributed by atoms with Gasteiger partial charge in [0.2, 0.25) is 5.13 Å². The standard InChI is InChI=1S/C13H15F2N3S/c1-8(2)7-16-13-17-12(18-19-13)5-9-3-10(14)6-11(15)4-9/h3-4,6,8H,5,7H2,1-2H3,(H,16,17,18). The third-order valence-electron chi connectivity index (χ3n) is 2.41. The molecule has 0 atom stereocenters. The lowest BCUT2D eigenvalue weighted by molar-refractivity contribution is 0.580. The molecule has 0 amide bonds. The minimum atomic E-state index is -0.580. The molecule has 0 fully saturated rings. The molecule has 6 heteroatoms. The summed E-state index contributed by atoms with van der Waals surface area (Å²) in [4.78, 5) is 4.29. The average Bonchev–Trinajstić information content (AvgIpc) is 2.72. The lowest BCUT2D eigenvalue weighted by atomic mass is 10.1. The van der Waals surface area contributed by atoms with Gasteiger partial charge in [-0.2, -0.15) is 4.37 Å². The quantitative estimate of drug-likeness (QED) is 0.913. The molecule has 1 aromatic heterocycles. The molecule has 3 nitrogen and oxygen atoms in total. The molecular formula is C13H15F2N3S. The van der Waals surface area contributed by atoms with E-state index in [0.717, 1.165) is 17.7 Å². The molecule has 102 valence electrons. The first kappa shape index (κ1) is 13.9. The predicted molar refractivity (Wildman–Crippen MR) is 72.4 cm³/mol. The van der Waals surface area contributed by atoms with Crippen molar-refractivity contribution >= 4 is 16.7 Å². The van der Waals surface area contributed by atoms with Crippen molar-refractivity contribution in [2.45, 2.75) is 20.3 Å². The number of halogens is 2. The van der Waals surface area contributed by atoms with Crippen LogP contribution in [0.5, 0.6) is 0 Å². The Kier molecular flexibility index (Phi) is 4.42. The summed E-state index contributed by atoms with van der Waals surface area (Å²) >= 11 is 1.26. The molecule has 0 radical (unpaired) electrons. The summed E-state index contributed by atoms with van der Waals surface area (Å²) in [6.45, 7) is 5.03. The summed E-state index contributed by atoms with van der Waals surface area (Å²) in [7, 11) is 0. The second kappa shape index (κ2) is 6.06. The lowest BCUT2D eigenvalue weighted by Gasteiger charge is -2.03. The Labute approximate surface area is 114 Å². The molecule has 1 N–H and O–H groups in total. The topological polar surface area (TPSA) is 37.8 Å². The molecule has 19 heavy (non-hydrogen) atoms. The normalized spacial score (nSPS) is 11.0. The third-order valence-corrected chi connectivity index (χ3v) is 3.12. The van der Waals surface area contributed by atoms with Crippen molar-refractivity contribution in [3.05, 3.63) is 41.2 Å². The summed E-state index contributed by atoms with van der Waals surface area (Å²) in [5.41, 5.74) is 0.533. The first-order valence-corrected chi connectivity index (χ1v) is 6.81. The van der Waals surface area contributed by atoms with Crippen molar-refractivity contribution in [1.29, 1.82) is 0 Å². The number of benzene rings is 1. The number of hydrogen-bond donors (Lipinski definition) is 1. The van der Waals surface area contributed by atoms with Gasteiger partial charge in [0.05, 0.1) is 0 Å². The molecule has 2 rings (SSSR count). The van der Waals surface area contributed by atoms with Crippen LogP contribution >= 0.6 is 11.5 Å². The molecule has 0 aliphatic rings. The molecule has 0 aliphatic heterocycles. The fraction of sp³-hybridized carbons (Fsp3) is 0.385. The van der Waals surface area contributed by atoms with Crippen LogP contribution in [-0.4, -0.2) is 15.9 Å². The van der Waals surface area contributed by atoms with Crippen LogP contribution < -0.4 is 5.32 Å². The van der Waals surface area contributed by atoms with Gasteiger partial charge in [-0.15, -0.1) is 0 Å². The maximum Gasteiger partial charge on any atom is 0.202 e. The van der Waals surface area contributed by atoms with E-state index in [4.69, 9.17) is 0 Å². The fourth-order valence-electron chi connectivity index (χ4n) is 1.58. The van der Waals surface area contributed by atoms with E-state index in [9.17, 15) is 8.78 Å². The highest BCUT2D eigenvalue weighted by Crippen LogP contribution is 2.16. The van der Waals surface area contributed by atoms with Crippen molar-refractivity contribution in [3.63, 3.8) is 0 Å². The smallest absolute Gasteiger partial charge is 0.202 e. The van der Waals surface area contributed by atoms with Crippen LogP contribution in [0.2, 0.25) is 0 Å². The Morgan fingerprint density at radius 1 is 1.21 bits per heavy atom. The van der Waals surface area contributed by atoms with Crippen molar-refractivity contribution in [3.8, 4) is 0 Å². The van der Waals surface area contributed by atoms with Crippen LogP contribution in [0.15, 0.2) is 18.2 Å². The zero-order chi connectivity index (χ0) is 13.8. The van der Waals surface area contributed by atoms with E-state index < -0.39 is 11.6 Å². The summed E-state index contributed by atoms with van der Waals surface area (Å²) < 4.78 is 30.3. The molecule has 0 aliphatic carbocycles. The van der Waals surface area contributed by atoms with E-state index in [1.165, 1.54) is 23.7 Å². The van der Waals surface area contributed by atoms with Gasteiger partial charge in [-0.05, 0) is 23.6 Å². The summed E-state index contributed by atoms with van der Waals surface area (Å²) in [5, 5.41) is 3.91. The van der Waals surface area contributed by atoms with Gasteiger partial charge in [0.15, 0.2) is 0 Å². The van der Waals surface area contributed by atoms with E-state index in [-0.39, 0.29) is 0 Å². The van der Waals surface area contributed by atoms with Gasteiger partial charge in [0, 0.05) is 30.6 Å². The van der Waals surface area contributed by atoms with Gasteiger partial charge < -0.3 is 5.32 Å². The number of anilines is 1. The van der Waals surface area contributed by atoms with Gasteiger partial charge in [0.25, 0.3) is 0 Å². The van der Waals surface area contributed by atoms with Gasteiger partial charge >= 0.3 is 0 Å². The molecule has 1 aromatic carbocycles. The number of nitrogens with one attached hydrogen (secondary N) is 1. The number of hydrogen-bond acceptors (Lipinski definition) is 4. The average molecular weight is 283 g/mol. The second-order valence-corrected chi connectivity index (χ2v) is 5.50. The predicted octanol–water partition coefficient (Wildman–Crippen LogP) is 3.48. The van der Waals surface area contributed by atoms with Crippen molar-refractivity contribution in [1.82, 2.24) is 9.36 Å². The van der Waals surface area contributed by atoms with Crippen molar-refractivity contribution < 1.29 is 8.78 Å². The molecule has 0 saturated carbocycles. The van der Waals surface area contributed by atoms with E-state index >= 15 is 0 Å². The van der Waals surface area contributed by atoms with Crippen LogP contribution in [0.3, 0.4) is 0 Å². The van der Waals surface area contributed by atoms with Gasteiger partial charge in [-0.3, -0.25) is 0 Å². The number of rotatable bonds is 5. The van der Waals surface area contributed by atoms with Crippen LogP contribution in [0, 0.1) is 17.6 Å². The Morgan fingerprint density at radius 2 is 1.89 bits per heavy atom. The Morgan fingerprint density at radius 3 is 2.53 bits per heavy atom. The highest BCUT2D eigenvalue weighted by molar-refractivity contribution is 7.09. The Hall–Kier alpha value is -1.56. The van der Waals surface area contributed by atoms with Crippen LogP contribution in [-0.2, 0) is 6.42 Å². The summed E-state index contributed by atoms with van der Waals surface area (Å²) in [6.07, 6.45) is 0.328. The van der Waals surface area contributed by atoms with E-state index in [0.29, 0.717) is 23.7 Å². The Balaban J connectivity index is 2.03. The summed E-state index contributed by atoms with van der Waals surface area (Å²) in [5.74, 6) is -0.0716. The SMILES string of the molecule is CC(C)CNc1nc(Cc2cc(F)cc(F)c2)ns1. The number of nitrogens with zero attached hydrogens (tertiary/aromatic N) is 2. The van der Waals surface area contributed by atoms with Crippen molar-refractivity contribution in [2.75, 3.05) is 11.9 Å². The molecule has 0 unspecified atom stereocenters. The molecule has 1 heterocycles. The van der Waals surface area contributed by atoms with Gasteiger partial charge in [-0.25, -0.2) is 13.8 Å². The third kappa shape index (κ3) is 4.24. The van der Waals surface area contributed by atoms with Gasteiger partial charge in [0.1, 0.15) is 17.5 Å². The summed E-state index contributed by atoms with van der Waals surface area (Å²) in [6, 6.07) is 3.45. The molecule has 0 saturated heterocycles. The molecular weight excluding hydrogens is 268 g/mol. The van der Waals surface area contributed by atoms with Crippen LogP contribution in [0.4, 0.5) is 13.9 Å². The van der Waals surface area contributed by atoms with Crippen LogP contribution in [0.1, 0.15) is 25.2 Å². The first-order chi connectivity index (χ1) is 9.02. The monoisotopic (exact) mass is 283 g/mol. The highest BCUT2D eigenvalue weighted by atomic mass is 32.1. The lowest BCUT2D eigenvalue weighted by Crippen LogP contribution is -2.07. The zero-order valence-electron chi connectivity index (χ0n) is 10.8. The fourth-order valence-corrected chi connectivity index (χ4v) is 2.18. The molecule has 2 aromatic rings. The number of aromatic nitrogens is 2.